The molecule has 0 N–H and O–H groups in total. The van der Waals surface area contributed by atoms with Crippen LogP contribution in [0.4, 0.5) is 4.39 Å². The van der Waals surface area contributed by atoms with Crippen molar-refractivity contribution in [2.75, 3.05) is 7.05 Å². The number of rotatable bonds is 5. The lowest BCUT2D eigenvalue weighted by molar-refractivity contribution is -0.604. The van der Waals surface area contributed by atoms with E-state index in [0.29, 0.717) is 21.6 Å². The first-order chi connectivity index (χ1) is 14.8. The fourth-order valence-corrected chi connectivity index (χ4v) is 4.28. The summed E-state index contributed by atoms with van der Waals surface area (Å²) in [6.45, 7) is 1.59. The van der Waals surface area contributed by atoms with Crippen molar-refractivity contribution in [1.82, 2.24) is 13.8 Å². The van der Waals surface area contributed by atoms with E-state index in [1.807, 2.05) is 12.1 Å². The van der Waals surface area contributed by atoms with E-state index in [4.69, 9.17) is 0 Å². The van der Waals surface area contributed by atoms with Gasteiger partial charge >= 0.3 is 0 Å². The number of benzene rings is 1. The molecule has 0 saturated carbocycles. The van der Waals surface area contributed by atoms with Crippen LogP contribution < -0.4 is 4.73 Å². The number of halogens is 1. The quantitative estimate of drug-likeness (QED) is 0.207. The van der Waals surface area contributed by atoms with Crippen molar-refractivity contribution in [2.24, 2.45) is 5.10 Å². The van der Waals surface area contributed by atoms with Crippen LogP contribution in [0.2, 0.25) is 0 Å². The number of hydrazone groups is 1. The molecule has 8 nitrogen and oxygen atoms in total. The lowest BCUT2D eigenvalue weighted by atomic mass is 10.1. The molecule has 0 saturated heterocycles. The van der Waals surface area contributed by atoms with Gasteiger partial charge in [-0.05, 0) is 42.8 Å². The van der Waals surface area contributed by atoms with Crippen molar-refractivity contribution in [2.45, 2.75) is 11.8 Å². The average molecular weight is 439 g/mol. The maximum Gasteiger partial charge on any atom is 0.279 e. The molecule has 3 heterocycles. The molecule has 10 heteroatoms. The van der Waals surface area contributed by atoms with Gasteiger partial charge < -0.3 is 5.21 Å². The highest BCUT2D eigenvalue weighted by molar-refractivity contribution is 7.89. The molecule has 0 aliphatic rings. The number of imidazole rings is 1. The van der Waals surface area contributed by atoms with Crippen LogP contribution in [-0.4, -0.2) is 35.5 Å². The molecule has 158 valence electrons. The molecular formula is C21H18FN5O3S. The SMILES string of the molecule is Cc1ccc(F)cc1S(=O)(=O)N(C)N=Cc1cnc2ccc(-c3ccc[n+]([O-])c3)cn12. The van der Waals surface area contributed by atoms with Crippen molar-refractivity contribution in [3.05, 3.63) is 89.5 Å². The smallest absolute Gasteiger partial charge is 0.279 e. The monoisotopic (exact) mass is 439 g/mol. The highest BCUT2D eigenvalue weighted by atomic mass is 32.2. The van der Waals surface area contributed by atoms with Crippen LogP contribution in [0.25, 0.3) is 16.8 Å². The highest BCUT2D eigenvalue weighted by Gasteiger charge is 2.22. The number of pyridine rings is 2. The molecule has 0 radical (unpaired) electrons. The molecule has 31 heavy (non-hydrogen) atoms. The van der Waals surface area contributed by atoms with Gasteiger partial charge in [-0.3, -0.25) is 4.40 Å². The molecule has 1 aromatic carbocycles. The summed E-state index contributed by atoms with van der Waals surface area (Å²) in [4.78, 5) is 4.13. The number of aryl methyl sites for hydroxylation is 1. The van der Waals surface area contributed by atoms with Gasteiger partial charge in [0.05, 0.1) is 23.0 Å². The van der Waals surface area contributed by atoms with E-state index >= 15 is 0 Å². The number of sulfonamides is 1. The third-order valence-electron chi connectivity index (χ3n) is 4.77. The molecule has 0 aliphatic carbocycles. The highest BCUT2D eigenvalue weighted by Crippen LogP contribution is 2.21. The summed E-state index contributed by atoms with van der Waals surface area (Å²) >= 11 is 0. The Bertz CT molecular complexity index is 1420. The summed E-state index contributed by atoms with van der Waals surface area (Å²) in [5, 5.41) is 15.6. The Morgan fingerprint density at radius 2 is 2.03 bits per heavy atom. The van der Waals surface area contributed by atoms with E-state index in [2.05, 4.69) is 10.1 Å². The summed E-state index contributed by atoms with van der Waals surface area (Å²) in [7, 11) is -2.75. The second kappa shape index (κ2) is 7.80. The van der Waals surface area contributed by atoms with Crippen LogP contribution in [0, 0.1) is 17.9 Å². The number of fused-ring (bicyclic) bond motifs is 1. The minimum atomic E-state index is -4.03. The van der Waals surface area contributed by atoms with Crippen molar-refractivity contribution >= 4 is 21.9 Å². The van der Waals surface area contributed by atoms with Gasteiger partial charge in [-0.1, -0.05) is 6.07 Å². The fraction of sp³-hybridized carbons (Fsp3) is 0.0952. The number of nitrogens with zero attached hydrogens (tertiary/aromatic N) is 5. The zero-order chi connectivity index (χ0) is 22.2. The maximum absolute atomic E-state index is 13.6. The minimum Gasteiger partial charge on any atom is -0.619 e. The molecule has 3 aromatic heterocycles. The largest absolute Gasteiger partial charge is 0.619 e. The molecule has 0 bridgehead atoms. The zero-order valence-electron chi connectivity index (χ0n) is 16.7. The van der Waals surface area contributed by atoms with E-state index in [1.54, 1.807) is 35.9 Å². The van der Waals surface area contributed by atoms with Gasteiger partial charge in [0.2, 0.25) is 0 Å². The van der Waals surface area contributed by atoms with Crippen LogP contribution in [0.1, 0.15) is 11.3 Å². The normalized spacial score (nSPS) is 12.0. The molecule has 0 spiro atoms. The average Bonchev–Trinajstić information content (AvgIpc) is 3.15. The van der Waals surface area contributed by atoms with Gasteiger partial charge in [0.1, 0.15) is 11.5 Å². The zero-order valence-corrected chi connectivity index (χ0v) is 17.5. The molecule has 0 aliphatic heterocycles. The standard InChI is InChI=1S/C21H18FN5O3S/c1-15-5-7-18(22)10-20(15)31(29,30)25(2)24-12-19-11-23-21-8-6-17(14-27(19)21)16-4-3-9-26(28)13-16/h3-14H,1-2H3. The summed E-state index contributed by atoms with van der Waals surface area (Å²) in [6, 6.07) is 10.7. The van der Waals surface area contributed by atoms with Gasteiger partial charge in [0, 0.05) is 30.4 Å². The Labute approximate surface area is 178 Å². The second-order valence-corrected chi connectivity index (χ2v) is 8.79. The first-order valence-corrected chi connectivity index (χ1v) is 10.6. The minimum absolute atomic E-state index is 0.150. The Hall–Kier alpha value is -3.79. The van der Waals surface area contributed by atoms with E-state index in [9.17, 15) is 18.0 Å². The third-order valence-corrected chi connectivity index (χ3v) is 6.56. The second-order valence-electron chi connectivity index (χ2n) is 6.88. The molecule has 0 atom stereocenters. The third kappa shape index (κ3) is 3.97. The van der Waals surface area contributed by atoms with Crippen LogP contribution in [0.15, 0.2) is 77.2 Å². The van der Waals surface area contributed by atoms with E-state index in [0.717, 1.165) is 21.6 Å². The molecule has 0 fully saturated rings. The first kappa shape index (κ1) is 20.5. The van der Waals surface area contributed by atoms with Crippen molar-refractivity contribution in [1.29, 1.82) is 0 Å². The van der Waals surface area contributed by atoms with E-state index in [-0.39, 0.29) is 4.90 Å². The van der Waals surface area contributed by atoms with Gasteiger partial charge in [-0.25, -0.2) is 9.37 Å². The fourth-order valence-electron chi connectivity index (χ4n) is 3.09. The number of hydrogen-bond donors (Lipinski definition) is 0. The predicted molar refractivity (Wildman–Crippen MR) is 113 cm³/mol. The van der Waals surface area contributed by atoms with Crippen molar-refractivity contribution in [3.63, 3.8) is 0 Å². The number of hydrogen-bond acceptors (Lipinski definition) is 5. The van der Waals surface area contributed by atoms with E-state index in [1.165, 1.54) is 37.8 Å². The van der Waals surface area contributed by atoms with Gasteiger partial charge in [0.15, 0.2) is 12.4 Å². The predicted octanol–water partition coefficient (Wildman–Crippen LogP) is 2.74. The van der Waals surface area contributed by atoms with Gasteiger partial charge in [-0.15, -0.1) is 0 Å². The number of aromatic nitrogens is 3. The van der Waals surface area contributed by atoms with Crippen molar-refractivity contribution in [3.8, 4) is 11.1 Å². The molecule has 4 rings (SSSR count). The van der Waals surface area contributed by atoms with Gasteiger partial charge in [0.25, 0.3) is 10.0 Å². The lowest BCUT2D eigenvalue weighted by Gasteiger charge is -2.15. The molecular weight excluding hydrogens is 421 g/mol. The molecule has 0 unspecified atom stereocenters. The van der Waals surface area contributed by atoms with Crippen LogP contribution in [0.5, 0.6) is 0 Å². The first-order valence-electron chi connectivity index (χ1n) is 9.21. The Kier molecular flexibility index (Phi) is 5.15. The topological polar surface area (TPSA) is 94.0 Å². The summed E-state index contributed by atoms with van der Waals surface area (Å²) in [5.74, 6) is -0.642. The van der Waals surface area contributed by atoms with Crippen LogP contribution >= 0.6 is 0 Å². The van der Waals surface area contributed by atoms with Crippen molar-refractivity contribution < 1.29 is 17.5 Å². The maximum atomic E-state index is 13.6. The Morgan fingerprint density at radius 1 is 1.23 bits per heavy atom. The Morgan fingerprint density at radius 3 is 2.81 bits per heavy atom. The summed E-state index contributed by atoms with van der Waals surface area (Å²) in [6.07, 6.45) is 7.54. The summed E-state index contributed by atoms with van der Waals surface area (Å²) < 4.78 is 42.4. The van der Waals surface area contributed by atoms with Crippen LogP contribution in [0.3, 0.4) is 0 Å². The Balaban J connectivity index is 1.68. The molecule has 4 aromatic rings. The molecule has 0 amide bonds. The van der Waals surface area contributed by atoms with Crippen LogP contribution in [-0.2, 0) is 10.0 Å². The summed E-state index contributed by atoms with van der Waals surface area (Å²) in [5.41, 5.74) is 3.07. The van der Waals surface area contributed by atoms with Gasteiger partial charge in [-0.2, -0.15) is 22.7 Å². The lowest BCUT2D eigenvalue weighted by Crippen LogP contribution is -2.23. The van der Waals surface area contributed by atoms with E-state index < -0.39 is 15.8 Å².